The first-order valence-electron chi connectivity index (χ1n) is 5.57. The van der Waals surface area contributed by atoms with Crippen LogP contribution in [-0.4, -0.2) is 44.1 Å². The number of rotatable bonds is 6. The second-order valence-corrected chi connectivity index (χ2v) is 4.13. The maximum Gasteiger partial charge on any atom is 0.177 e. The summed E-state index contributed by atoms with van der Waals surface area (Å²) in [6, 6.07) is 0. The second kappa shape index (κ2) is 5.91. The maximum atomic E-state index is 10.0. The highest BCUT2D eigenvalue weighted by Gasteiger charge is 2.24. The van der Waals surface area contributed by atoms with Crippen LogP contribution in [0.15, 0.2) is 0 Å². The highest BCUT2D eigenvalue weighted by atomic mass is 16.5. The van der Waals surface area contributed by atoms with Crippen molar-refractivity contribution in [3.63, 3.8) is 0 Å². The smallest absolute Gasteiger partial charge is 0.177 e. The molecule has 1 aromatic heterocycles. The molecule has 0 aliphatic rings. The van der Waals surface area contributed by atoms with Crippen LogP contribution in [0.5, 0.6) is 0 Å². The van der Waals surface area contributed by atoms with Gasteiger partial charge in [-0.1, -0.05) is 13.8 Å². The lowest BCUT2D eigenvalue weighted by Crippen LogP contribution is -2.35. The lowest BCUT2D eigenvalue weighted by atomic mass is 9.99. The molecule has 1 N–H and O–H groups in total. The zero-order valence-electron chi connectivity index (χ0n) is 10.3. The van der Waals surface area contributed by atoms with Crippen molar-refractivity contribution in [2.24, 2.45) is 13.0 Å². The van der Waals surface area contributed by atoms with Crippen LogP contribution in [0.1, 0.15) is 26.6 Å². The Kier molecular flexibility index (Phi) is 4.82. The Hall–Kier alpha value is -1.01. The fourth-order valence-corrected chi connectivity index (χ4v) is 1.65. The van der Waals surface area contributed by atoms with Crippen LogP contribution in [0.25, 0.3) is 0 Å². The first-order chi connectivity index (χ1) is 7.54. The van der Waals surface area contributed by atoms with Gasteiger partial charge < -0.3 is 9.84 Å². The van der Waals surface area contributed by atoms with Gasteiger partial charge in [0.05, 0.1) is 19.3 Å². The Morgan fingerprint density at radius 3 is 2.56 bits per heavy atom. The molecule has 1 rings (SSSR count). The number of aliphatic hydroxyl groups excluding tert-OH is 1. The molecule has 0 fully saturated rings. The molecule has 0 aliphatic heterocycles. The second-order valence-electron chi connectivity index (χ2n) is 4.13. The van der Waals surface area contributed by atoms with Crippen molar-refractivity contribution in [3.8, 4) is 0 Å². The van der Waals surface area contributed by atoms with E-state index >= 15 is 0 Å². The van der Waals surface area contributed by atoms with Gasteiger partial charge in [0.1, 0.15) is 0 Å². The molecule has 0 amide bonds. The standard InChI is InChI=1S/C10H20N4O2/c1-5-16-10(7(2)3)8(15)6-9-11-13-14(4)12-9/h7-8,10,15H,5-6H2,1-4H3. The SMILES string of the molecule is CCOC(C(C)C)C(O)Cc1nnn(C)n1. The van der Waals surface area contributed by atoms with Gasteiger partial charge in [-0.05, 0) is 18.1 Å². The van der Waals surface area contributed by atoms with Gasteiger partial charge >= 0.3 is 0 Å². The van der Waals surface area contributed by atoms with Gasteiger partial charge in [0, 0.05) is 13.0 Å². The van der Waals surface area contributed by atoms with Gasteiger partial charge in [-0.3, -0.25) is 0 Å². The van der Waals surface area contributed by atoms with Gasteiger partial charge in [0.2, 0.25) is 0 Å². The first-order valence-corrected chi connectivity index (χ1v) is 5.57. The van der Waals surface area contributed by atoms with Crippen LogP contribution in [0.4, 0.5) is 0 Å². The van der Waals surface area contributed by atoms with Crippen LogP contribution >= 0.6 is 0 Å². The number of hydrogen-bond acceptors (Lipinski definition) is 5. The Morgan fingerprint density at radius 2 is 2.12 bits per heavy atom. The van der Waals surface area contributed by atoms with E-state index < -0.39 is 6.10 Å². The third-order valence-corrected chi connectivity index (χ3v) is 2.34. The Labute approximate surface area is 95.6 Å². The predicted molar refractivity (Wildman–Crippen MR) is 58.8 cm³/mol. The summed E-state index contributed by atoms with van der Waals surface area (Å²) in [5.41, 5.74) is 0. The fraction of sp³-hybridized carbons (Fsp3) is 0.900. The van der Waals surface area contributed by atoms with Gasteiger partial charge in [-0.25, -0.2) is 0 Å². The van der Waals surface area contributed by atoms with Crippen LogP contribution in [0.3, 0.4) is 0 Å². The lowest BCUT2D eigenvalue weighted by Gasteiger charge is -2.25. The van der Waals surface area contributed by atoms with Crippen LogP contribution in [0.2, 0.25) is 0 Å². The summed E-state index contributed by atoms with van der Waals surface area (Å²) in [5, 5.41) is 21.6. The van der Waals surface area contributed by atoms with E-state index in [0.717, 1.165) is 0 Å². The molecule has 1 heterocycles. The van der Waals surface area contributed by atoms with E-state index in [-0.39, 0.29) is 12.0 Å². The molecule has 1 aromatic rings. The van der Waals surface area contributed by atoms with Gasteiger partial charge in [0.25, 0.3) is 0 Å². The Balaban J connectivity index is 2.57. The van der Waals surface area contributed by atoms with E-state index in [0.29, 0.717) is 18.9 Å². The topological polar surface area (TPSA) is 73.1 Å². The fourth-order valence-electron chi connectivity index (χ4n) is 1.65. The highest BCUT2D eigenvalue weighted by Crippen LogP contribution is 2.13. The van der Waals surface area contributed by atoms with Crippen molar-refractivity contribution < 1.29 is 9.84 Å². The number of ether oxygens (including phenoxy) is 1. The molecule has 0 saturated carbocycles. The summed E-state index contributed by atoms with van der Waals surface area (Å²) < 4.78 is 5.51. The van der Waals surface area contributed by atoms with E-state index in [1.165, 1.54) is 4.80 Å². The Morgan fingerprint density at radius 1 is 1.44 bits per heavy atom. The average Bonchev–Trinajstić information content (AvgIpc) is 2.59. The molecule has 0 bridgehead atoms. The summed E-state index contributed by atoms with van der Waals surface area (Å²) in [6.07, 6.45) is -0.408. The minimum atomic E-state index is -0.593. The predicted octanol–water partition coefficient (Wildman–Crippen LogP) is 0.175. The number of hydrogen-bond donors (Lipinski definition) is 1. The molecule has 0 aliphatic carbocycles. The highest BCUT2D eigenvalue weighted by molar-refractivity contribution is 4.85. The minimum Gasteiger partial charge on any atom is -0.390 e. The Bertz CT molecular complexity index is 314. The summed E-state index contributed by atoms with van der Waals surface area (Å²) in [5.74, 6) is 0.798. The maximum absolute atomic E-state index is 10.0. The van der Waals surface area contributed by atoms with Crippen molar-refractivity contribution in [1.29, 1.82) is 0 Å². The van der Waals surface area contributed by atoms with Gasteiger partial charge in [-0.15, -0.1) is 10.2 Å². The molecule has 0 spiro atoms. The zero-order valence-corrected chi connectivity index (χ0v) is 10.3. The molecule has 6 heteroatoms. The van der Waals surface area contributed by atoms with Crippen molar-refractivity contribution in [1.82, 2.24) is 20.2 Å². The van der Waals surface area contributed by atoms with E-state index in [2.05, 4.69) is 15.4 Å². The van der Waals surface area contributed by atoms with Gasteiger partial charge in [-0.2, -0.15) is 4.80 Å². The number of aliphatic hydroxyl groups is 1. The molecular weight excluding hydrogens is 208 g/mol. The molecule has 16 heavy (non-hydrogen) atoms. The molecule has 92 valence electrons. The van der Waals surface area contributed by atoms with E-state index in [9.17, 15) is 5.11 Å². The van der Waals surface area contributed by atoms with Crippen LogP contribution < -0.4 is 0 Å². The molecule has 0 radical (unpaired) electrons. The zero-order chi connectivity index (χ0) is 12.1. The molecule has 0 saturated heterocycles. The molecule has 2 atom stereocenters. The van der Waals surface area contributed by atoms with E-state index in [1.807, 2.05) is 20.8 Å². The van der Waals surface area contributed by atoms with Crippen LogP contribution in [0, 0.1) is 5.92 Å². The summed E-state index contributed by atoms with van der Waals surface area (Å²) in [4.78, 5) is 1.38. The summed E-state index contributed by atoms with van der Waals surface area (Å²) in [6.45, 7) is 6.55. The van der Waals surface area contributed by atoms with Crippen molar-refractivity contribution in [2.75, 3.05) is 6.61 Å². The van der Waals surface area contributed by atoms with Crippen molar-refractivity contribution in [2.45, 2.75) is 39.4 Å². The van der Waals surface area contributed by atoms with E-state index in [1.54, 1.807) is 7.05 Å². The number of aryl methyl sites for hydroxylation is 1. The number of tetrazole rings is 1. The quantitative estimate of drug-likeness (QED) is 0.751. The monoisotopic (exact) mass is 228 g/mol. The molecular formula is C10H20N4O2. The van der Waals surface area contributed by atoms with Crippen molar-refractivity contribution in [3.05, 3.63) is 5.82 Å². The largest absolute Gasteiger partial charge is 0.390 e. The van der Waals surface area contributed by atoms with E-state index in [4.69, 9.17) is 4.74 Å². The van der Waals surface area contributed by atoms with Crippen molar-refractivity contribution >= 4 is 0 Å². The molecule has 0 aromatic carbocycles. The molecule has 2 unspecified atom stereocenters. The normalized spacial score (nSPS) is 15.4. The lowest BCUT2D eigenvalue weighted by molar-refractivity contribution is -0.0569. The number of aromatic nitrogens is 4. The van der Waals surface area contributed by atoms with Gasteiger partial charge in [0.15, 0.2) is 5.82 Å². The average molecular weight is 228 g/mol. The third kappa shape index (κ3) is 3.53. The minimum absolute atomic E-state index is 0.186. The third-order valence-electron chi connectivity index (χ3n) is 2.34. The first kappa shape index (κ1) is 13.1. The summed E-state index contributed by atoms with van der Waals surface area (Å²) >= 11 is 0. The molecule has 6 nitrogen and oxygen atoms in total. The van der Waals surface area contributed by atoms with Crippen LogP contribution in [-0.2, 0) is 18.2 Å². The summed E-state index contributed by atoms with van der Waals surface area (Å²) in [7, 11) is 1.70. The number of nitrogens with zero attached hydrogens (tertiary/aromatic N) is 4.